The predicted molar refractivity (Wildman–Crippen MR) is 83.7 cm³/mol. The summed E-state index contributed by atoms with van der Waals surface area (Å²) in [6.45, 7) is 5.66. The predicted octanol–water partition coefficient (Wildman–Crippen LogP) is 1.74. The monoisotopic (exact) mass is 290 g/mol. The molecule has 21 heavy (non-hydrogen) atoms. The Labute approximate surface area is 126 Å². The molecule has 1 aliphatic carbocycles. The van der Waals surface area contributed by atoms with Gasteiger partial charge in [0.05, 0.1) is 6.61 Å². The number of ether oxygens (including phenoxy) is 1. The average Bonchev–Trinajstić information content (AvgIpc) is 3.16. The van der Waals surface area contributed by atoms with Crippen LogP contribution in [-0.2, 0) is 24.1 Å². The molecule has 0 aromatic carbocycles. The Morgan fingerprint density at radius 2 is 2.33 bits per heavy atom. The van der Waals surface area contributed by atoms with E-state index in [4.69, 9.17) is 4.74 Å². The second-order valence-electron chi connectivity index (χ2n) is 6.29. The van der Waals surface area contributed by atoms with Crippen LogP contribution in [0.4, 0.5) is 0 Å². The Morgan fingerprint density at radius 3 is 3.10 bits per heavy atom. The second-order valence-corrected chi connectivity index (χ2v) is 6.29. The zero-order chi connectivity index (χ0) is 14.7. The Kier molecular flexibility index (Phi) is 4.76. The molecule has 1 N–H and O–H groups in total. The third-order valence-electron chi connectivity index (χ3n) is 4.82. The van der Waals surface area contributed by atoms with Crippen LogP contribution in [0, 0.1) is 5.92 Å². The van der Waals surface area contributed by atoms with Crippen LogP contribution in [-0.4, -0.2) is 30.4 Å². The molecule has 0 amide bonds. The molecule has 1 aliphatic heterocycles. The first-order valence-electron chi connectivity index (χ1n) is 8.32. The Balaban J connectivity index is 1.82. The van der Waals surface area contributed by atoms with Gasteiger partial charge in [-0.1, -0.05) is 13.0 Å². The molecule has 1 aromatic heterocycles. The summed E-state index contributed by atoms with van der Waals surface area (Å²) in [5, 5.41) is 3.64. The maximum Gasteiger partial charge on any atom is 0.250 e. The molecule has 1 saturated heterocycles. The van der Waals surface area contributed by atoms with Gasteiger partial charge in [0, 0.05) is 36.9 Å². The van der Waals surface area contributed by atoms with Crippen molar-refractivity contribution in [1.29, 1.82) is 0 Å². The number of hydrogen-bond acceptors (Lipinski definition) is 3. The van der Waals surface area contributed by atoms with E-state index in [9.17, 15) is 4.79 Å². The summed E-state index contributed by atoms with van der Waals surface area (Å²) in [5.41, 5.74) is 2.79. The minimum atomic E-state index is 0.151. The SMILES string of the molecule is CCCNC(Cn1c2c(ccc1=O)CCC2)C1CCOC1. The van der Waals surface area contributed by atoms with Gasteiger partial charge in [-0.15, -0.1) is 0 Å². The van der Waals surface area contributed by atoms with Crippen molar-refractivity contribution in [3.63, 3.8) is 0 Å². The number of nitrogens with one attached hydrogen (secondary N) is 1. The molecule has 2 aliphatic rings. The highest BCUT2D eigenvalue weighted by Gasteiger charge is 2.27. The zero-order valence-electron chi connectivity index (χ0n) is 12.9. The highest BCUT2D eigenvalue weighted by molar-refractivity contribution is 5.25. The van der Waals surface area contributed by atoms with Crippen LogP contribution >= 0.6 is 0 Å². The maximum absolute atomic E-state index is 12.3. The molecule has 3 rings (SSSR count). The quantitative estimate of drug-likeness (QED) is 0.868. The van der Waals surface area contributed by atoms with Gasteiger partial charge in [-0.05, 0) is 44.2 Å². The van der Waals surface area contributed by atoms with E-state index in [1.54, 1.807) is 6.07 Å². The van der Waals surface area contributed by atoms with Gasteiger partial charge in [-0.3, -0.25) is 4.79 Å². The smallest absolute Gasteiger partial charge is 0.250 e. The van der Waals surface area contributed by atoms with E-state index in [1.807, 2.05) is 10.6 Å². The van der Waals surface area contributed by atoms with E-state index in [2.05, 4.69) is 12.2 Å². The topological polar surface area (TPSA) is 43.3 Å². The van der Waals surface area contributed by atoms with Crippen molar-refractivity contribution < 1.29 is 4.74 Å². The summed E-state index contributed by atoms with van der Waals surface area (Å²) < 4.78 is 7.57. The van der Waals surface area contributed by atoms with Gasteiger partial charge in [-0.25, -0.2) is 0 Å². The summed E-state index contributed by atoms with van der Waals surface area (Å²) in [6, 6.07) is 4.11. The molecule has 0 radical (unpaired) electrons. The number of nitrogens with zero attached hydrogens (tertiary/aromatic N) is 1. The molecule has 2 unspecified atom stereocenters. The number of pyridine rings is 1. The lowest BCUT2D eigenvalue weighted by Crippen LogP contribution is -2.43. The second kappa shape index (κ2) is 6.75. The molecule has 0 saturated carbocycles. The van der Waals surface area contributed by atoms with Crippen molar-refractivity contribution in [3.05, 3.63) is 33.7 Å². The van der Waals surface area contributed by atoms with Gasteiger partial charge in [0.15, 0.2) is 0 Å². The molecule has 1 fully saturated rings. The van der Waals surface area contributed by atoms with Gasteiger partial charge < -0.3 is 14.6 Å². The summed E-state index contributed by atoms with van der Waals surface area (Å²) in [5.74, 6) is 0.528. The van der Waals surface area contributed by atoms with Crippen LogP contribution in [0.5, 0.6) is 0 Å². The van der Waals surface area contributed by atoms with E-state index in [0.29, 0.717) is 12.0 Å². The van der Waals surface area contributed by atoms with Crippen LogP contribution in [0.2, 0.25) is 0 Å². The first kappa shape index (κ1) is 14.8. The fraction of sp³-hybridized carbons (Fsp3) is 0.706. The number of hydrogen-bond donors (Lipinski definition) is 1. The summed E-state index contributed by atoms with van der Waals surface area (Å²) in [7, 11) is 0. The van der Waals surface area contributed by atoms with Crippen molar-refractivity contribution >= 4 is 0 Å². The number of aromatic nitrogens is 1. The van der Waals surface area contributed by atoms with Gasteiger partial charge in [-0.2, -0.15) is 0 Å². The highest BCUT2D eigenvalue weighted by atomic mass is 16.5. The van der Waals surface area contributed by atoms with E-state index in [-0.39, 0.29) is 5.56 Å². The van der Waals surface area contributed by atoms with Crippen molar-refractivity contribution in [3.8, 4) is 0 Å². The fourth-order valence-electron chi connectivity index (χ4n) is 3.61. The molecule has 2 heterocycles. The molecule has 116 valence electrons. The van der Waals surface area contributed by atoms with Gasteiger partial charge in [0.25, 0.3) is 5.56 Å². The van der Waals surface area contributed by atoms with Gasteiger partial charge in [0.2, 0.25) is 0 Å². The molecule has 2 atom stereocenters. The Morgan fingerprint density at radius 1 is 1.43 bits per heavy atom. The van der Waals surface area contributed by atoms with Crippen molar-refractivity contribution in [2.24, 2.45) is 5.92 Å². The van der Waals surface area contributed by atoms with E-state index in [0.717, 1.165) is 52.0 Å². The maximum atomic E-state index is 12.3. The molecule has 0 spiro atoms. The van der Waals surface area contributed by atoms with Crippen LogP contribution in [0.25, 0.3) is 0 Å². The van der Waals surface area contributed by atoms with Crippen LogP contribution in [0.3, 0.4) is 0 Å². The molecular weight excluding hydrogens is 264 g/mol. The van der Waals surface area contributed by atoms with Gasteiger partial charge >= 0.3 is 0 Å². The summed E-state index contributed by atoms with van der Waals surface area (Å²) >= 11 is 0. The first-order chi connectivity index (χ1) is 10.3. The number of fused-ring (bicyclic) bond motifs is 1. The Bertz CT molecular complexity index is 532. The minimum absolute atomic E-state index is 0.151. The van der Waals surface area contributed by atoms with Crippen LogP contribution < -0.4 is 10.9 Å². The van der Waals surface area contributed by atoms with Gasteiger partial charge in [0.1, 0.15) is 0 Å². The lowest BCUT2D eigenvalue weighted by molar-refractivity contribution is 0.173. The molecular formula is C17H26N2O2. The third-order valence-corrected chi connectivity index (χ3v) is 4.82. The lowest BCUT2D eigenvalue weighted by atomic mass is 9.98. The largest absolute Gasteiger partial charge is 0.381 e. The average molecular weight is 290 g/mol. The Hall–Kier alpha value is -1.13. The summed E-state index contributed by atoms with van der Waals surface area (Å²) in [4.78, 5) is 12.3. The minimum Gasteiger partial charge on any atom is -0.381 e. The van der Waals surface area contributed by atoms with Crippen molar-refractivity contribution in [1.82, 2.24) is 9.88 Å². The molecule has 0 bridgehead atoms. The lowest BCUT2D eigenvalue weighted by Gasteiger charge is -2.26. The van der Waals surface area contributed by atoms with Crippen molar-refractivity contribution in [2.75, 3.05) is 19.8 Å². The molecule has 1 aromatic rings. The molecule has 4 heteroatoms. The van der Waals surface area contributed by atoms with Crippen LogP contribution in [0.1, 0.15) is 37.4 Å². The third kappa shape index (κ3) is 3.22. The first-order valence-corrected chi connectivity index (χ1v) is 8.32. The molecule has 4 nitrogen and oxygen atoms in total. The van der Waals surface area contributed by atoms with E-state index in [1.165, 1.54) is 17.7 Å². The zero-order valence-corrected chi connectivity index (χ0v) is 12.9. The van der Waals surface area contributed by atoms with Crippen LogP contribution in [0.15, 0.2) is 16.9 Å². The standard InChI is InChI=1S/C17H26N2O2/c1-2-9-18-15(14-8-10-21-12-14)11-19-16-5-3-4-13(16)6-7-17(19)20/h6-7,14-15,18H,2-5,8-12H2,1H3. The summed E-state index contributed by atoms with van der Waals surface area (Å²) in [6.07, 6.45) is 5.57. The van der Waals surface area contributed by atoms with E-state index < -0.39 is 0 Å². The number of aryl methyl sites for hydroxylation is 1. The number of rotatable bonds is 6. The highest BCUT2D eigenvalue weighted by Crippen LogP contribution is 2.22. The normalized spacial score (nSPS) is 22.4. The van der Waals surface area contributed by atoms with Crippen molar-refractivity contribution in [2.45, 2.75) is 51.6 Å². The fourth-order valence-corrected chi connectivity index (χ4v) is 3.61. The van der Waals surface area contributed by atoms with E-state index >= 15 is 0 Å².